The van der Waals surface area contributed by atoms with Gasteiger partial charge < -0.3 is 5.11 Å². The zero-order chi connectivity index (χ0) is 10.3. The van der Waals surface area contributed by atoms with Gasteiger partial charge in [0.25, 0.3) is 0 Å². The lowest BCUT2D eigenvalue weighted by atomic mass is 10.00. The topological polar surface area (TPSA) is 36.4 Å². The van der Waals surface area contributed by atoms with Crippen LogP contribution in [0.3, 0.4) is 0 Å². The molecule has 2 aliphatic heterocycles. The minimum absolute atomic E-state index is 0.0554. The molecule has 0 aromatic carbocycles. The van der Waals surface area contributed by atoms with Gasteiger partial charge in [0.15, 0.2) is 0 Å². The molecule has 1 aromatic heterocycles. The maximum atomic E-state index is 9.70. The number of fused-ring (bicyclic) bond motifs is 2. The lowest BCUT2D eigenvalue weighted by Crippen LogP contribution is -2.43. The van der Waals surface area contributed by atoms with Crippen molar-refractivity contribution in [3.63, 3.8) is 0 Å². The smallest absolute Gasteiger partial charge is 0.0794 e. The average Bonchev–Trinajstić information content (AvgIpc) is 2.77. The lowest BCUT2D eigenvalue weighted by Gasteiger charge is -2.36. The van der Waals surface area contributed by atoms with Gasteiger partial charge in [-0.3, -0.25) is 9.88 Å². The van der Waals surface area contributed by atoms with Crippen molar-refractivity contribution in [3.8, 4) is 0 Å². The van der Waals surface area contributed by atoms with Crippen LogP contribution in [0.2, 0.25) is 0 Å². The Balaban J connectivity index is 1.72. The van der Waals surface area contributed by atoms with Crippen molar-refractivity contribution in [1.29, 1.82) is 0 Å². The summed E-state index contributed by atoms with van der Waals surface area (Å²) >= 11 is 1.73. The summed E-state index contributed by atoms with van der Waals surface area (Å²) in [4.78, 5) is 8.04. The predicted molar refractivity (Wildman–Crippen MR) is 59.7 cm³/mol. The zero-order valence-corrected chi connectivity index (χ0v) is 9.49. The summed E-state index contributed by atoms with van der Waals surface area (Å²) < 4.78 is 0. The van der Waals surface area contributed by atoms with Crippen LogP contribution < -0.4 is 0 Å². The minimum Gasteiger partial charge on any atom is -0.393 e. The van der Waals surface area contributed by atoms with E-state index in [0.717, 1.165) is 19.4 Å². The Hall–Kier alpha value is -0.450. The first-order valence-corrected chi connectivity index (χ1v) is 6.52. The molecule has 1 aromatic rings. The third-order valence-corrected chi connectivity index (χ3v) is 4.45. The van der Waals surface area contributed by atoms with Crippen molar-refractivity contribution < 1.29 is 5.11 Å². The van der Waals surface area contributed by atoms with Crippen LogP contribution in [-0.2, 0) is 6.54 Å². The summed E-state index contributed by atoms with van der Waals surface area (Å²) in [5, 5.41) is 9.70. The molecule has 0 spiro atoms. The normalized spacial score (nSPS) is 35.9. The van der Waals surface area contributed by atoms with Gasteiger partial charge in [-0.1, -0.05) is 0 Å². The Bertz CT molecular complexity index is 313. The van der Waals surface area contributed by atoms with Gasteiger partial charge in [-0.2, -0.15) is 0 Å². The molecule has 2 bridgehead atoms. The van der Waals surface area contributed by atoms with Crippen LogP contribution in [0, 0.1) is 0 Å². The monoisotopic (exact) mass is 224 g/mol. The Morgan fingerprint density at radius 3 is 2.73 bits per heavy atom. The molecule has 2 unspecified atom stereocenters. The highest BCUT2D eigenvalue weighted by atomic mass is 32.1. The second-order valence-corrected chi connectivity index (χ2v) is 5.62. The van der Waals surface area contributed by atoms with E-state index in [1.54, 1.807) is 11.3 Å². The molecule has 4 heteroatoms. The second kappa shape index (κ2) is 3.85. The van der Waals surface area contributed by atoms with E-state index in [1.807, 2.05) is 11.7 Å². The maximum absolute atomic E-state index is 9.70. The van der Waals surface area contributed by atoms with Crippen LogP contribution in [0.15, 0.2) is 11.7 Å². The van der Waals surface area contributed by atoms with Gasteiger partial charge in [-0.05, 0) is 25.7 Å². The first kappa shape index (κ1) is 9.75. The fourth-order valence-electron chi connectivity index (χ4n) is 3.00. The molecule has 15 heavy (non-hydrogen) atoms. The highest BCUT2D eigenvalue weighted by molar-refractivity contribution is 7.09. The van der Waals surface area contributed by atoms with Crippen molar-refractivity contribution in [2.75, 3.05) is 0 Å². The highest BCUT2D eigenvalue weighted by Crippen LogP contribution is 2.36. The number of nitrogens with zero attached hydrogens (tertiary/aromatic N) is 2. The summed E-state index contributed by atoms with van der Waals surface area (Å²) in [6, 6.07) is 1.22. The summed E-state index contributed by atoms with van der Waals surface area (Å²) in [7, 11) is 0. The van der Waals surface area contributed by atoms with Crippen molar-refractivity contribution in [1.82, 2.24) is 9.88 Å². The summed E-state index contributed by atoms with van der Waals surface area (Å²) in [5.41, 5.74) is 1.90. The maximum Gasteiger partial charge on any atom is 0.0794 e. The molecule has 0 aliphatic carbocycles. The third-order valence-electron chi connectivity index (χ3n) is 3.68. The number of piperidine rings is 1. The van der Waals surface area contributed by atoms with E-state index in [9.17, 15) is 5.11 Å². The molecule has 2 fully saturated rings. The van der Waals surface area contributed by atoms with E-state index < -0.39 is 0 Å². The Morgan fingerprint density at radius 2 is 2.13 bits per heavy atom. The molecule has 3 nitrogen and oxygen atoms in total. The molecule has 1 N–H and O–H groups in total. The van der Waals surface area contributed by atoms with Crippen LogP contribution in [0.1, 0.15) is 30.6 Å². The van der Waals surface area contributed by atoms with E-state index in [0.29, 0.717) is 12.1 Å². The number of aliphatic hydroxyl groups excluding tert-OH is 1. The number of rotatable bonds is 2. The molecule has 0 saturated carbocycles. The summed E-state index contributed by atoms with van der Waals surface area (Å²) in [6.07, 6.45) is 6.38. The number of hydrogen-bond acceptors (Lipinski definition) is 4. The largest absolute Gasteiger partial charge is 0.393 e. The zero-order valence-electron chi connectivity index (χ0n) is 8.67. The van der Waals surface area contributed by atoms with Crippen molar-refractivity contribution in [2.24, 2.45) is 0 Å². The van der Waals surface area contributed by atoms with E-state index in [1.165, 1.54) is 17.7 Å². The van der Waals surface area contributed by atoms with Gasteiger partial charge in [-0.15, -0.1) is 11.3 Å². The highest BCUT2D eigenvalue weighted by Gasteiger charge is 2.39. The Kier molecular flexibility index (Phi) is 2.50. The Morgan fingerprint density at radius 1 is 1.40 bits per heavy atom. The van der Waals surface area contributed by atoms with E-state index in [2.05, 4.69) is 9.88 Å². The first-order valence-electron chi connectivity index (χ1n) is 5.64. The van der Waals surface area contributed by atoms with E-state index in [-0.39, 0.29) is 6.10 Å². The van der Waals surface area contributed by atoms with Crippen LogP contribution in [0.5, 0.6) is 0 Å². The summed E-state index contributed by atoms with van der Waals surface area (Å²) in [6.45, 7) is 1.03. The molecular formula is C11H16N2OS. The molecule has 0 radical (unpaired) electrons. The van der Waals surface area contributed by atoms with Crippen LogP contribution >= 0.6 is 11.3 Å². The number of aromatic nitrogens is 1. The minimum atomic E-state index is -0.0554. The number of hydrogen-bond donors (Lipinski definition) is 1. The summed E-state index contributed by atoms with van der Waals surface area (Å²) in [5.74, 6) is 0. The van der Waals surface area contributed by atoms with Crippen LogP contribution in [-0.4, -0.2) is 33.2 Å². The van der Waals surface area contributed by atoms with E-state index in [4.69, 9.17) is 0 Å². The molecule has 3 heterocycles. The van der Waals surface area contributed by atoms with Crippen molar-refractivity contribution in [2.45, 2.75) is 50.4 Å². The number of thiazole rings is 1. The predicted octanol–water partition coefficient (Wildman–Crippen LogP) is 1.63. The Labute approximate surface area is 93.8 Å². The standard InChI is InChI=1S/C11H16N2OS/c14-10-3-8-1-2-9(4-10)13(8)6-11-5-12-7-15-11/h5,7-10,14H,1-4,6H2. The first-order chi connectivity index (χ1) is 7.33. The van der Waals surface area contributed by atoms with Gasteiger partial charge in [-0.25, -0.2) is 0 Å². The fraction of sp³-hybridized carbons (Fsp3) is 0.727. The van der Waals surface area contributed by atoms with Crippen LogP contribution in [0.4, 0.5) is 0 Å². The lowest BCUT2D eigenvalue weighted by molar-refractivity contribution is 0.0315. The molecule has 82 valence electrons. The van der Waals surface area contributed by atoms with Crippen molar-refractivity contribution in [3.05, 3.63) is 16.6 Å². The molecule has 3 rings (SSSR count). The second-order valence-electron chi connectivity index (χ2n) is 4.65. The van der Waals surface area contributed by atoms with Gasteiger partial charge in [0, 0.05) is 29.7 Å². The third kappa shape index (κ3) is 1.82. The van der Waals surface area contributed by atoms with Gasteiger partial charge in [0.1, 0.15) is 0 Å². The fourth-order valence-corrected chi connectivity index (χ4v) is 3.61. The van der Waals surface area contributed by atoms with E-state index >= 15 is 0 Å². The SMILES string of the molecule is OC1CC2CCC(C1)N2Cc1cncs1. The van der Waals surface area contributed by atoms with Crippen molar-refractivity contribution >= 4 is 11.3 Å². The van der Waals surface area contributed by atoms with Gasteiger partial charge in [0.2, 0.25) is 0 Å². The number of aliphatic hydroxyl groups is 1. The molecule has 2 aliphatic rings. The average molecular weight is 224 g/mol. The quantitative estimate of drug-likeness (QED) is 0.829. The molecule has 0 amide bonds. The molecule has 2 atom stereocenters. The van der Waals surface area contributed by atoms with Crippen LogP contribution in [0.25, 0.3) is 0 Å². The van der Waals surface area contributed by atoms with Gasteiger partial charge in [0.05, 0.1) is 11.6 Å². The molecular weight excluding hydrogens is 208 g/mol. The molecule has 2 saturated heterocycles. The van der Waals surface area contributed by atoms with Gasteiger partial charge >= 0.3 is 0 Å².